The van der Waals surface area contributed by atoms with Crippen LogP contribution in [-0.2, 0) is 10.8 Å². The third kappa shape index (κ3) is 3.28. The Labute approximate surface area is 177 Å². The highest BCUT2D eigenvalue weighted by Gasteiger charge is 2.32. The fraction of sp³-hybridized carbons (Fsp3) is 0.231. The van der Waals surface area contributed by atoms with Crippen LogP contribution in [0, 0.1) is 0 Å². The van der Waals surface area contributed by atoms with Crippen molar-refractivity contribution in [2.24, 2.45) is 9.98 Å². The van der Waals surface area contributed by atoms with Crippen molar-refractivity contribution >= 4 is 11.4 Å². The molecule has 0 radical (unpaired) electrons. The largest absolute Gasteiger partial charge is 0.508 e. The van der Waals surface area contributed by atoms with Crippen molar-refractivity contribution in [1.29, 1.82) is 0 Å². The van der Waals surface area contributed by atoms with E-state index in [4.69, 9.17) is 9.98 Å². The molecule has 4 heteroatoms. The normalized spacial score (nSPS) is 18.7. The summed E-state index contributed by atoms with van der Waals surface area (Å²) in [6.45, 7) is 8.22. The summed E-state index contributed by atoms with van der Waals surface area (Å²) in [6.07, 6.45) is 7.92. The van der Waals surface area contributed by atoms with Crippen LogP contribution in [0.25, 0.3) is 0 Å². The Morgan fingerprint density at radius 1 is 0.567 bits per heavy atom. The number of rotatable bonds is 4. The number of nitrogens with zero attached hydrogens (tertiary/aromatic N) is 2. The lowest BCUT2D eigenvalue weighted by molar-refractivity contribution is 0.458. The van der Waals surface area contributed by atoms with Gasteiger partial charge in [-0.2, -0.15) is 0 Å². The molecule has 4 rings (SSSR count). The molecule has 0 unspecified atom stereocenters. The molecule has 0 aromatic heterocycles. The van der Waals surface area contributed by atoms with Gasteiger partial charge < -0.3 is 10.2 Å². The van der Waals surface area contributed by atoms with E-state index < -0.39 is 10.8 Å². The molecule has 0 spiro atoms. The highest BCUT2D eigenvalue weighted by molar-refractivity contribution is 6.08. The van der Waals surface area contributed by atoms with Crippen LogP contribution >= 0.6 is 0 Å². The van der Waals surface area contributed by atoms with Gasteiger partial charge in [0.25, 0.3) is 0 Å². The van der Waals surface area contributed by atoms with Crippen LogP contribution in [0.1, 0.15) is 38.8 Å². The molecular formula is C26H26N2O2. The van der Waals surface area contributed by atoms with Crippen LogP contribution in [0.2, 0.25) is 0 Å². The van der Waals surface area contributed by atoms with Crippen molar-refractivity contribution in [3.05, 3.63) is 95.4 Å². The monoisotopic (exact) mass is 398 g/mol. The maximum atomic E-state index is 10.3. The van der Waals surface area contributed by atoms with Gasteiger partial charge in [-0.15, -0.1) is 0 Å². The van der Waals surface area contributed by atoms with Gasteiger partial charge in [-0.25, -0.2) is 0 Å². The summed E-state index contributed by atoms with van der Waals surface area (Å²) in [7, 11) is 0. The summed E-state index contributed by atoms with van der Waals surface area (Å²) in [6, 6.07) is 14.7. The zero-order chi connectivity index (χ0) is 21.5. The minimum atomic E-state index is -0.436. The van der Waals surface area contributed by atoms with Crippen molar-refractivity contribution in [2.75, 3.05) is 0 Å². The van der Waals surface area contributed by atoms with Crippen LogP contribution in [0.5, 0.6) is 11.5 Å². The van der Waals surface area contributed by atoms with Crippen molar-refractivity contribution in [1.82, 2.24) is 0 Å². The molecule has 0 fully saturated rings. The number of para-hydroxylation sites is 2. The van der Waals surface area contributed by atoms with Crippen LogP contribution in [-0.4, -0.2) is 21.6 Å². The van der Waals surface area contributed by atoms with E-state index in [0.29, 0.717) is 0 Å². The summed E-state index contributed by atoms with van der Waals surface area (Å²) in [4.78, 5) is 9.66. The maximum absolute atomic E-state index is 10.3. The second-order valence-corrected chi connectivity index (χ2v) is 8.72. The lowest BCUT2D eigenvalue weighted by Crippen LogP contribution is -2.27. The Bertz CT molecular complexity index is 1070. The summed E-state index contributed by atoms with van der Waals surface area (Å²) < 4.78 is 0. The van der Waals surface area contributed by atoms with Gasteiger partial charge in [0, 0.05) is 22.0 Å². The lowest BCUT2D eigenvalue weighted by atomic mass is 9.79. The minimum Gasteiger partial charge on any atom is -0.508 e. The Morgan fingerprint density at radius 2 is 0.933 bits per heavy atom. The second-order valence-electron chi connectivity index (χ2n) is 8.72. The molecule has 0 aliphatic carbocycles. The number of phenols is 2. The van der Waals surface area contributed by atoms with Gasteiger partial charge in [0.1, 0.15) is 11.5 Å². The molecule has 2 aromatic rings. The molecule has 2 N–H and O–H groups in total. The van der Waals surface area contributed by atoms with E-state index in [2.05, 4.69) is 27.7 Å². The molecule has 0 amide bonds. The molecule has 0 bridgehead atoms. The molecule has 4 nitrogen and oxygen atoms in total. The van der Waals surface area contributed by atoms with Gasteiger partial charge in [0.05, 0.1) is 22.8 Å². The van der Waals surface area contributed by atoms with Crippen molar-refractivity contribution in [2.45, 2.75) is 38.5 Å². The smallest absolute Gasteiger partial charge is 0.119 e. The highest BCUT2D eigenvalue weighted by atomic mass is 16.3. The van der Waals surface area contributed by atoms with Gasteiger partial charge in [0.15, 0.2) is 0 Å². The van der Waals surface area contributed by atoms with E-state index in [1.807, 2.05) is 60.7 Å². The number of allylic oxidation sites excluding steroid dienone is 4. The Kier molecular flexibility index (Phi) is 4.73. The molecule has 152 valence electrons. The number of hydrogen-bond donors (Lipinski definition) is 2. The van der Waals surface area contributed by atoms with E-state index in [-0.39, 0.29) is 11.5 Å². The number of hydrogen-bond acceptors (Lipinski definition) is 4. The SMILES string of the molecule is CC(C)(C1=NC(=C2C=CC(C(C)(C)c3ccccc3O)=N2)C=C1)c1ccccc1O. The Hall–Kier alpha value is -3.40. The summed E-state index contributed by atoms with van der Waals surface area (Å²) >= 11 is 0. The summed E-state index contributed by atoms with van der Waals surface area (Å²) in [5.74, 6) is 0.537. The number of aromatic hydroxyl groups is 2. The van der Waals surface area contributed by atoms with Gasteiger partial charge >= 0.3 is 0 Å². The van der Waals surface area contributed by atoms with Gasteiger partial charge in [-0.1, -0.05) is 64.1 Å². The third-order valence-corrected chi connectivity index (χ3v) is 5.98. The van der Waals surface area contributed by atoms with Gasteiger partial charge in [-0.3, -0.25) is 9.98 Å². The average Bonchev–Trinajstić information content (AvgIpc) is 3.38. The van der Waals surface area contributed by atoms with E-state index in [1.54, 1.807) is 12.1 Å². The van der Waals surface area contributed by atoms with E-state index in [0.717, 1.165) is 33.9 Å². The average molecular weight is 399 g/mol. The molecule has 30 heavy (non-hydrogen) atoms. The first-order valence-corrected chi connectivity index (χ1v) is 10.1. The molecular weight excluding hydrogens is 372 g/mol. The van der Waals surface area contributed by atoms with Crippen LogP contribution in [0.15, 0.2) is 94.2 Å². The maximum Gasteiger partial charge on any atom is 0.119 e. The second kappa shape index (κ2) is 7.13. The number of aliphatic imine (C=N–C) groups is 2. The lowest BCUT2D eigenvalue weighted by Gasteiger charge is -2.25. The van der Waals surface area contributed by atoms with Crippen LogP contribution in [0.4, 0.5) is 0 Å². The number of phenolic OH excluding ortho intramolecular Hbond substituents is 2. The van der Waals surface area contributed by atoms with E-state index in [1.165, 1.54) is 0 Å². The quantitative estimate of drug-likeness (QED) is 0.705. The first kappa shape index (κ1) is 19.9. The zero-order valence-electron chi connectivity index (χ0n) is 17.7. The first-order chi connectivity index (χ1) is 14.2. The topological polar surface area (TPSA) is 65.2 Å². The fourth-order valence-corrected chi connectivity index (χ4v) is 3.99. The molecule has 0 saturated heterocycles. The number of benzene rings is 2. The Balaban J connectivity index is 1.68. The van der Waals surface area contributed by atoms with Crippen molar-refractivity contribution in [3.63, 3.8) is 0 Å². The summed E-state index contributed by atoms with van der Waals surface area (Å²) in [5, 5.41) is 20.6. The van der Waals surface area contributed by atoms with Crippen LogP contribution in [0.3, 0.4) is 0 Å². The highest BCUT2D eigenvalue weighted by Crippen LogP contribution is 2.37. The Morgan fingerprint density at radius 3 is 1.30 bits per heavy atom. The third-order valence-electron chi connectivity index (χ3n) is 5.98. The van der Waals surface area contributed by atoms with Gasteiger partial charge in [0.2, 0.25) is 0 Å². The molecule has 0 saturated carbocycles. The van der Waals surface area contributed by atoms with Crippen LogP contribution < -0.4 is 0 Å². The molecule has 0 atom stereocenters. The molecule has 2 heterocycles. The zero-order valence-corrected chi connectivity index (χ0v) is 17.7. The van der Waals surface area contributed by atoms with Crippen molar-refractivity contribution in [3.8, 4) is 11.5 Å². The van der Waals surface area contributed by atoms with Gasteiger partial charge in [-0.05, 0) is 36.4 Å². The van der Waals surface area contributed by atoms with E-state index >= 15 is 0 Å². The predicted octanol–water partition coefficient (Wildman–Crippen LogP) is 5.59. The fourth-order valence-electron chi connectivity index (χ4n) is 3.99. The predicted molar refractivity (Wildman–Crippen MR) is 122 cm³/mol. The van der Waals surface area contributed by atoms with E-state index in [9.17, 15) is 10.2 Å². The molecule has 2 aliphatic heterocycles. The standard InChI is InChI=1S/C26H26N2O2/c1-25(2,17-9-5-7-11-21(17)29)23-15-13-19(27-23)20-14-16-24(28-20)26(3,4)18-10-6-8-12-22(18)30/h5-16,29-30H,1-4H3. The minimum absolute atomic E-state index is 0.269. The first-order valence-electron chi connectivity index (χ1n) is 10.1. The molecule has 2 aromatic carbocycles. The summed E-state index contributed by atoms with van der Waals surface area (Å²) in [5.41, 5.74) is 4.16. The van der Waals surface area contributed by atoms with Crippen molar-refractivity contribution < 1.29 is 10.2 Å². The molecule has 2 aliphatic rings.